The lowest BCUT2D eigenvalue weighted by atomic mass is 10.0. The summed E-state index contributed by atoms with van der Waals surface area (Å²) in [5.41, 5.74) is 9.33. The van der Waals surface area contributed by atoms with E-state index in [-0.39, 0.29) is 0 Å². The van der Waals surface area contributed by atoms with Gasteiger partial charge in [-0.2, -0.15) is 4.98 Å². The molecule has 0 saturated carbocycles. The minimum absolute atomic E-state index is 0.511. The molecule has 0 unspecified atom stereocenters. The van der Waals surface area contributed by atoms with Crippen molar-refractivity contribution in [2.24, 2.45) is 0 Å². The molecule has 0 spiro atoms. The fraction of sp³-hybridized carbons (Fsp3) is 0.167. The second-order valence-corrected chi connectivity index (χ2v) is 6.11. The summed E-state index contributed by atoms with van der Waals surface area (Å²) in [6, 6.07) is 11.6. The van der Waals surface area contributed by atoms with Gasteiger partial charge in [-0.3, -0.25) is 0 Å². The van der Waals surface area contributed by atoms with Gasteiger partial charge in [-0.25, -0.2) is 9.97 Å². The van der Waals surface area contributed by atoms with Gasteiger partial charge in [0, 0.05) is 24.7 Å². The Balaban J connectivity index is 1.60. The highest BCUT2D eigenvalue weighted by molar-refractivity contribution is 6.29. The van der Waals surface area contributed by atoms with E-state index in [0.717, 1.165) is 36.0 Å². The zero-order valence-corrected chi connectivity index (χ0v) is 13.7. The van der Waals surface area contributed by atoms with Crippen molar-refractivity contribution in [1.29, 1.82) is 0 Å². The Labute approximate surface area is 144 Å². The van der Waals surface area contributed by atoms with Crippen LogP contribution in [0.1, 0.15) is 12.0 Å². The summed E-state index contributed by atoms with van der Waals surface area (Å²) < 4.78 is 0. The highest BCUT2D eigenvalue weighted by Crippen LogP contribution is 2.26. The van der Waals surface area contributed by atoms with Crippen LogP contribution in [0.2, 0.25) is 5.15 Å². The molecular formula is C18H16ClN5. The number of anilines is 2. The van der Waals surface area contributed by atoms with Crippen LogP contribution in [0.4, 0.5) is 11.8 Å². The topological polar surface area (TPSA) is 67.9 Å². The van der Waals surface area contributed by atoms with Gasteiger partial charge in [-0.1, -0.05) is 35.9 Å². The second-order valence-electron chi connectivity index (χ2n) is 5.72. The summed E-state index contributed by atoms with van der Waals surface area (Å²) >= 11 is 5.85. The van der Waals surface area contributed by atoms with Crippen LogP contribution in [0.5, 0.6) is 0 Å². The first kappa shape index (κ1) is 14.9. The predicted octanol–water partition coefficient (Wildman–Crippen LogP) is 3.55. The fourth-order valence-corrected chi connectivity index (χ4v) is 3.02. The molecule has 2 N–H and O–H groups in total. The molecule has 3 aromatic rings. The maximum absolute atomic E-state index is 6.08. The van der Waals surface area contributed by atoms with E-state index in [2.05, 4.69) is 25.9 Å². The van der Waals surface area contributed by atoms with Crippen molar-refractivity contribution in [3.8, 4) is 0 Å². The Morgan fingerprint density at radius 1 is 1.08 bits per heavy atom. The summed E-state index contributed by atoms with van der Waals surface area (Å²) in [7, 11) is 0. The summed E-state index contributed by atoms with van der Waals surface area (Å²) in [5, 5.41) is 1.40. The molecule has 0 radical (unpaired) electrons. The number of para-hydroxylation sites is 1. The lowest BCUT2D eigenvalue weighted by Crippen LogP contribution is -2.30. The van der Waals surface area contributed by atoms with Crippen molar-refractivity contribution in [3.05, 3.63) is 59.4 Å². The number of nitrogens with two attached hydrogens (primary N) is 1. The second kappa shape index (κ2) is 6.09. The molecule has 2 aromatic heterocycles. The van der Waals surface area contributed by atoms with Crippen molar-refractivity contribution in [1.82, 2.24) is 15.0 Å². The van der Waals surface area contributed by atoms with Crippen molar-refractivity contribution in [2.45, 2.75) is 6.42 Å². The molecule has 1 aromatic carbocycles. The lowest BCUT2D eigenvalue weighted by molar-refractivity contribution is 0.801. The highest BCUT2D eigenvalue weighted by atomic mass is 35.5. The average molecular weight is 338 g/mol. The first-order valence-electron chi connectivity index (χ1n) is 7.79. The third kappa shape index (κ3) is 2.78. The number of nitrogen functional groups attached to an aromatic ring is 1. The number of benzene rings is 1. The first-order valence-corrected chi connectivity index (χ1v) is 8.17. The van der Waals surface area contributed by atoms with E-state index in [1.807, 2.05) is 42.6 Å². The standard InChI is InChI=1S/C18H16ClN5/c19-16-6-5-13(11-21-16)12-7-9-24(10-8-12)18-22-15-4-2-1-3-14(15)17(20)23-18/h1-7,11H,8-10H2,(H2,20,22,23). The maximum atomic E-state index is 6.08. The summed E-state index contributed by atoms with van der Waals surface area (Å²) in [6.07, 6.45) is 4.90. The van der Waals surface area contributed by atoms with E-state index >= 15 is 0 Å². The van der Waals surface area contributed by atoms with Crippen LogP contribution in [0.25, 0.3) is 16.5 Å². The molecule has 0 bridgehead atoms. The SMILES string of the molecule is Nc1nc(N2CC=C(c3ccc(Cl)nc3)CC2)nc2ccccc12. The van der Waals surface area contributed by atoms with Crippen LogP contribution in [0, 0.1) is 0 Å². The first-order chi connectivity index (χ1) is 11.7. The van der Waals surface area contributed by atoms with E-state index in [4.69, 9.17) is 17.3 Å². The Morgan fingerprint density at radius 2 is 1.96 bits per heavy atom. The van der Waals surface area contributed by atoms with Gasteiger partial charge < -0.3 is 10.6 Å². The molecule has 3 heterocycles. The number of hydrogen-bond donors (Lipinski definition) is 1. The average Bonchev–Trinajstić information content (AvgIpc) is 2.62. The van der Waals surface area contributed by atoms with Gasteiger partial charge in [-0.15, -0.1) is 0 Å². The van der Waals surface area contributed by atoms with Crippen LogP contribution >= 0.6 is 11.6 Å². The van der Waals surface area contributed by atoms with Crippen molar-refractivity contribution in [2.75, 3.05) is 23.7 Å². The number of fused-ring (bicyclic) bond motifs is 1. The molecule has 4 rings (SSSR count). The number of hydrogen-bond acceptors (Lipinski definition) is 5. The molecule has 5 nitrogen and oxygen atoms in total. The van der Waals surface area contributed by atoms with Crippen molar-refractivity contribution < 1.29 is 0 Å². The number of halogens is 1. The molecule has 6 heteroatoms. The minimum Gasteiger partial charge on any atom is -0.383 e. The van der Waals surface area contributed by atoms with Gasteiger partial charge in [0.05, 0.1) is 5.52 Å². The van der Waals surface area contributed by atoms with Gasteiger partial charge in [0.2, 0.25) is 5.95 Å². The highest BCUT2D eigenvalue weighted by Gasteiger charge is 2.17. The van der Waals surface area contributed by atoms with Crippen molar-refractivity contribution >= 4 is 39.8 Å². The zero-order valence-electron chi connectivity index (χ0n) is 13.0. The predicted molar refractivity (Wildman–Crippen MR) is 98.0 cm³/mol. The number of aromatic nitrogens is 3. The molecular weight excluding hydrogens is 322 g/mol. The van der Waals surface area contributed by atoms with E-state index < -0.39 is 0 Å². The van der Waals surface area contributed by atoms with Gasteiger partial charge in [0.15, 0.2) is 0 Å². The Hall–Kier alpha value is -2.66. The van der Waals surface area contributed by atoms with Crippen LogP contribution in [-0.4, -0.2) is 28.0 Å². The molecule has 1 aliphatic rings. The Kier molecular flexibility index (Phi) is 3.78. The fourth-order valence-electron chi connectivity index (χ4n) is 2.91. The zero-order chi connectivity index (χ0) is 16.5. The third-order valence-corrected chi connectivity index (χ3v) is 4.43. The van der Waals surface area contributed by atoms with Gasteiger partial charge >= 0.3 is 0 Å². The van der Waals surface area contributed by atoms with E-state index in [9.17, 15) is 0 Å². The molecule has 0 saturated heterocycles. The normalized spacial score (nSPS) is 14.7. The van der Waals surface area contributed by atoms with Gasteiger partial charge in [0.1, 0.15) is 11.0 Å². The third-order valence-electron chi connectivity index (χ3n) is 4.21. The minimum atomic E-state index is 0.511. The number of nitrogens with zero attached hydrogens (tertiary/aromatic N) is 4. The Bertz CT molecular complexity index is 920. The van der Waals surface area contributed by atoms with Crippen LogP contribution < -0.4 is 10.6 Å². The molecule has 0 fully saturated rings. The molecule has 0 atom stereocenters. The van der Waals surface area contributed by atoms with E-state index in [1.165, 1.54) is 5.57 Å². The molecule has 120 valence electrons. The molecule has 1 aliphatic heterocycles. The van der Waals surface area contributed by atoms with E-state index in [1.54, 1.807) is 0 Å². The molecule has 0 aliphatic carbocycles. The number of rotatable bonds is 2. The van der Waals surface area contributed by atoms with Crippen LogP contribution in [0.3, 0.4) is 0 Å². The molecule has 0 amide bonds. The van der Waals surface area contributed by atoms with Crippen LogP contribution in [-0.2, 0) is 0 Å². The van der Waals surface area contributed by atoms with E-state index in [0.29, 0.717) is 16.9 Å². The summed E-state index contributed by atoms with van der Waals surface area (Å²) in [6.45, 7) is 1.59. The molecule has 24 heavy (non-hydrogen) atoms. The summed E-state index contributed by atoms with van der Waals surface area (Å²) in [4.78, 5) is 15.4. The van der Waals surface area contributed by atoms with Gasteiger partial charge in [0.25, 0.3) is 0 Å². The largest absolute Gasteiger partial charge is 0.383 e. The lowest BCUT2D eigenvalue weighted by Gasteiger charge is -2.27. The monoisotopic (exact) mass is 337 g/mol. The van der Waals surface area contributed by atoms with Crippen molar-refractivity contribution in [3.63, 3.8) is 0 Å². The Morgan fingerprint density at radius 3 is 2.71 bits per heavy atom. The van der Waals surface area contributed by atoms with Gasteiger partial charge in [-0.05, 0) is 35.8 Å². The summed E-state index contributed by atoms with van der Waals surface area (Å²) in [5.74, 6) is 1.20. The quantitative estimate of drug-likeness (QED) is 0.724. The smallest absolute Gasteiger partial charge is 0.228 e. The number of pyridine rings is 1. The maximum Gasteiger partial charge on any atom is 0.228 e. The van der Waals surface area contributed by atoms with Crippen LogP contribution in [0.15, 0.2) is 48.7 Å².